The van der Waals surface area contributed by atoms with E-state index in [0.29, 0.717) is 28.3 Å². The molecule has 0 saturated carbocycles. The summed E-state index contributed by atoms with van der Waals surface area (Å²) >= 11 is 9.18. The molecule has 1 heterocycles. The Morgan fingerprint density at radius 3 is 2.67 bits per heavy atom. The van der Waals surface area contributed by atoms with Crippen LogP contribution in [0.1, 0.15) is 38.7 Å². The summed E-state index contributed by atoms with van der Waals surface area (Å²) in [6, 6.07) is 5.26. The molecule has 1 saturated heterocycles. The predicted octanol–water partition coefficient (Wildman–Crippen LogP) is 4.39. The lowest BCUT2D eigenvalue weighted by atomic mass is 9.85. The molecule has 6 heteroatoms. The highest BCUT2D eigenvalue weighted by Crippen LogP contribution is 2.33. The Morgan fingerprint density at radius 1 is 1.29 bits per heavy atom. The average molecular weight is 395 g/mol. The third kappa shape index (κ3) is 4.01. The fourth-order valence-corrected chi connectivity index (χ4v) is 5.23. The summed E-state index contributed by atoms with van der Waals surface area (Å²) in [7, 11) is -3.47. The molecule has 0 unspecified atom stereocenters. The molecule has 0 aliphatic carbocycles. The van der Waals surface area contributed by atoms with E-state index in [2.05, 4.69) is 29.8 Å². The van der Waals surface area contributed by atoms with Gasteiger partial charge in [-0.25, -0.2) is 8.42 Å². The first-order valence-electron chi connectivity index (χ1n) is 7.11. The number of rotatable bonds is 3. The van der Waals surface area contributed by atoms with Crippen LogP contribution < -0.4 is 0 Å². The first-order chi connectivity index (χ1) is 9.76. The Hall–Kier alpha value is -0.100. The van der Waals surface area contributed by atoms with Gasteiger partial charge in [0.05, 0.1) is 4.90 Å². The molecule has 0 amide bonds. The highest BCUT2D eigenvalue weighted by Gasteiger charge is 2.31. The van der Waals surface area contributed by atoms with E-state index in [4.69, 9.17) is 11.6 Å². The minimum absolute atomic E-state index is 0.208. The largest absolute Gasteiger partial charge is 0.244 e. The summed E-state index contributed by atoms with van der Waals surface area (Å²) in [6.45, 7) is 5.57. The van der Waals surface area contributed by atoms with E-state index in [1.165, 1.54) is 0 Å². The molecule has 1 aliphatic heterocycles. The van der Waals surface area contributed by atoms with Crippen molar-refractivity contribution in [3.63, 3.8) is 0 Å². The van der Waals surface area contributed by atoms with Gasteiger partial charge in [-0.05, 0) is 58.3 Å². The highest BCUT2D eigenvalue weighted by atomic mass is 79.9. The van der Waals surface area contributed by atoms with Gasteiger partial charge in [-0.1, -0.05) is 19.9 Å². The second-order valence-electron chi connectivity index (χ2n) is 6.32. The van der Waals surface area contributed by atoms with Gasteiger partial charge in [0.1, 0.15) is 0 Å². The summed E-state index contributed by atoms with van der Waals surface area (Å²) in [6.07, 6.45) is 2.85. The van der Waals surface area contributed by atoms with Crippen LogP contribution in [0.15, 0.2) is 27.6 Å². The van der Waals surface area contributed by atoms with Crippen molar-refractivity contribution < 1.29 is 8.42 Å². The smallest absolute Gasteiger partial charge is 0.207 e. The normalized spacial score (nSPS) is 20.2. The zero-order chi connectivity index (χ0) is 15.7. The molecule has 0 atom stereocenters. The van der Waals surface area contributed by atoms with Crippen LogP contribution in [0, 0.1) is 5.41 Å². The fraction of sp³-hybridized carbons (Fsp3) is 0.600. The van der Waals surface area contributed by atoms with Gasteiger partial charge in [0.25, 0.3) is 0 Å². The van der Waals surface area contributed by atoms with E-state index in [1.807, 2.05) is 6.07 Å². The van der Waals surface area contributed by atoms with Gasteiger partial charge >= 0.3 is 0 Å². The van der Waals surface area contributed by atoms with Crippen LogP contribution in [0.2, 0.25) is 0 Å². The van der Waals surface area contributed by atoms with E-state index >= 15 is 0 Å². The Kier molecular flexibility index (Phi) is 5.40. The van der Waals surface area contributed by atoms with Crippen LogP contribution >= 0.6 is 27.5 Å². The lowest BCUT2D eigenvalue weighted by Crippen LogP contribution is -2.32. The maximum Gasteiger partial charge on any atom is 0.244 e. The summed E-state index contributed by atoms with van der Waals surface area (Å²) in [5, 5.41) is 0. The molecule has 2 rings (SSSR count). The molecule has 0 bridgehead atoms. The molecule has 3 nitrogen and oxygen atoms in total. The van der Waals surface area contributed by atoms with E-state index in [1.54, 1.807) is 16.4 Å². The minimum Gasteiger partial charge on any atom is -0.207 e. The zero-order valence-electron chi connectivity index (χ0n) is 12.4. The number of halogens is 2. The summed E-state index contributed by atoms with van der Waals surface area (Å²) in [4.78, 5) is 0.320. The first-order valence-corrected chi connectivity index (χ1v) is 9.88. The minimum atomic E-state index is -3.47. The van der Waals surface area contributed by atoms with Crippen LogP contribution in [-0.2, 0) is 15.9 Å². The Balaban J connectivity index is 2.33. The molecule has 118 valence electrons. The van der Waals surface area contributed by atoms with Crippen LogP contribution in [0.5, 0.6) is 0 Å². The van der Waals surface area contributed by atoms with Crippen molar-refractivity contribution in [3.8, 4) is 0 Å². The first kappa shape index (κ1) is 17.3. The average Bonchev–Trinajstić information content (AvgIpc) is 2.60. The van der Waals surface area contributed by atoms with Crippen LogP contribution in [0.25, 0.3) is 0 Å². The second kappa shape index (κ2) is 6.57. The topological polar surface area (TPSA) is 37.4 Å². The van der Waals surface area contributed by atoms with Crippen LogP contribution in [-0.4, -0.2) is 25.8 Å². The summed E-state index contributed by atoms with van der Waals surface area (Å²) < 4.78 is 28.0. The van der Waals surface area contributed by atoms with Crippen molar-refractivity contribution in [2.45, 2.75) is 43.9 Å². The van der Waals surface area contributed by atoms with Crippen LogP contribution in [0.3, 0.4) is 0 Å². The van der Waals surface area contributed by atoms with Crippen molar-refractivity contribution in [1.29, 1.82) is 0 Å². The van der Waals surface area contributed by atoms with E-state index < -0.39 is 10.0 Å². The number of nitrogens with zero attached hydrogens (tertiary/aromatic N) is 1. The lowest BCUT2D eigenvalue weighted by molar-refractivity contribution is 0.315. The molecule has 1 fully saturated rings. The Bertz CT molecular complexity index is 616. The molecule has 0 radical (unpaired) electrons. The maximum atomic E-state index is 12.9. The third-order valence-electron chi connectivity index (χ3n) is 4.07. The van der Waals surface area contributed by atoms with Gasteiger partial charge in [-0.15, -0.1) is 11.6 Å². The number of alkyl halides is 1. The maximum absolute atomic E-state index is 12.9. The van der Waals surface area contributed by atoms with Gasteiger partial charge in [0, 0.05) is 23.4 Å². The third-order valence-corrected chi connectivity index (χ3v) is 7.27. The van der Waals surface area contributed by atoms with Gasteiger partial charge in [0.15, 0.2) is 0 Å². The van der Waals surface area contributed by atoms with Crippen LogP contribution in [0.4, 0.5) is 0 Å². The quantitative estimate of drug-likeness (QED) is 0.713. The Morgan fingerprint density at radius 2 is 2.00 bits per heavy atom. The molecule has 1 aromatic rings. The van der Waals surface area contributed by atoms with E-state index in [-0.39, 0.29) is 5.41 Å². The number of benzene rings is 1. The predicted molar refractivity (Wildman–Crippen MR) is 90.1 cm³/mol. The standard InChI is InChI=1S/C15H21BrClNO2S/c1-15(2)6-3-8-18(9-7-15)21(19,20)14-10-12(11-17)4-5-13(14)16/h4-5,10H,3,6-9,11H2,1-2H3. The van der Waals surface area contributed by atoms with Crippen molar-refractivity contribution in [1.82, 2.24) is 4.31 Å². The number of sulfonamides is 1. The summed E-state index contributed by atoms with van der Waals surface area (Å²) in [5.74, 6) is 0.308. The van der Waals surface area contributed by atoms with Gasteiger partial charge in [0.2, 0.25) is 10.0 Å². The van der Waals surface area contributed by atoms with Gasteiger partial charge in [-0.2, -0.15) is 4.31 Å². The molecule has 21 heavy (non-hydrogen) atoms. The van der Waals surface area contributed by atoms with Crippen molar-refractivity contribution in [3.05, 3.63) is 28.2 Å². The molecule has 0 spiro atoms. The molecular formula is C15H21BrClNO2S. The molecule has 0 aromatic heterocycles. The number of hydrogen-bond donors (Lipinski definition) is 0. The molecular weight excluding hydrogens is 374 g/mol. The summed E-state index contributed by atoms with van der Waals surface area (Å²) in [5.41, 5.74) is 1.02. The number of hydrogen-bond acceptors (Lipinski definition) is 2. The van der Waals surface area contributed by atoms with E-state index in [9.17, 15) is 8.42 Å². The molecule has 1 aliphatic rings. The van der Waals surface area contributed by atoms with E-state index in [0.717, 1.165) is 24.8 Å². The molecule has 0 N–H and O–H groups in total. The monoisotopic (exact) mass is 393 g/mol. The van der Waals surface area contributed by atoms with Gasteiger partial charge in [-0.3, -0.25) is 0 Å². The fourth-order valence-electron chi connectivity index (χ4n) is 2.61. The second-order valence-corrected chi connectivity index (χ2v) is 9.35. The van der Waals surface area contributed by atoms with Crippen molar-refractivity contribution in [2.24, 2.45) is 5.41 Å². The van der Waals surface area contributed by atoms with Crippen molar-refractivity contribution in [2.75, 3.05) is 13.1 Å². The van der Waals surface area contributed by atoms with Crippen molar-refractivity contribution >= 4 is 37.6 Å². The molecule has 1 aromatic carbocycles. The van der Waals surface area contributed by atoms with Gasteiger partial charge < -0.3 is 0 Å². The zero-order valence-corrected chi connectivity index (χ0v) is 15.6. The lowest BCUT2D eigenvalue weighted by Gasteiger charge is -2.23. The SMILES string of the molecule is CC1(C)CCCN(S(=O)(=O)c2cc(CCl)ccc2Br)CC1. The Labute approximate surface area is 140 Å². The highest BCUT2D eigenvalue weighted by molar-refractivity contribution is 9.10.